The number of carbonyl (C=O) groups is 1. The first-order chi connectivity index (χ1) is 11.4. The number of aromatic nitrogens is 2. The number of nitro benzene ring substituents is 1. The van der Waals surface area contributed by atoms with Crippen LogP contribution in [0.5, 0.6) is 0 Å². The van der Waals surface area contributed by atoms with Crippen molar-refractivity contribution in [1.29, 1.82) is 0 Å². The number of aryl methyl sites for hydroxylation is 2. The molecule has 0 saturated carbocycles. The number of fused-ring (bicyclic) bond motifs is 1. The highest BCUT2D eigenvalue weighted by Gasteiger charge is 2.19. The molecule has 0 radical (unpaired) electrons. The summed E-state index contributed by atoms with van der Waals surface area (Å²) in [6, 6.07) is 4.49. The minimum Gasteiger partial charge on any atom is -0.477 e. The van der Waals surface area contributed by atoms with Gasteiger partial charge in [0.05, 0.1) is 10.3 Å². The Labute approximate surface area is 140 Å². The zero-order valence-electron chi connectivity index (χ0n) is 12.7. The zero-order valence-corrected chi connectivity index (χ0v) is 13.5. The fraction of sp³-hybridized carbons (Fsp3) is 0.133. The van der Waals surface area contributed by atoms with Gasteiger partial charge in [-0.15, -0.1) is 11.3 Å². The number of rotatable bonds is 4. The molecule has 0 atom stereocenters. The van der Waals surface area contributed by atoms with Gasteiger partial charge in [-0.1, -0.05) is 6.07 Å². The molecule has 3 rings (SSSR count). The second-order valence-electron chi connectivity index (χ2n) is 5.15. The molecule has 2 N–H and O–H groups in total. The molecule has 24 heavy (non-hydrogen) atoms. The predicted molar refractivity (Wildman–Crippen MR) is 90.2 cm³/mol. The predicted octanol–water partition coefficient (Wildman–Crippen LogP) is 3.66. The van der Waals surface area contributed by atoms with E-state index in [1.165, 1.54) is 18.5 Å². The molecule has 0 aliphatic heterocycles. The van der Waals surface area contributed by atoms with Gasteiger partial charge in [0.2, 0.25) is 0 Å². The van der Waals surface area contributed by atoms with Crippen LogP contribution >= 0.6 is 11.3 Å². The van der Waals surface area contributed by atoms with E-state index in [1.807, 2.05) is 6.92 Å². The Morgan fingerprint density at radius 2 is 2.08 bits per heavy atom. The van der Waals surface area contributed by atoms with Crippen molar-refractivity contribution in [2.24, 2.45) is 0 Å². The number of carboxylic acids is 1. The lowest BCUT2D eigenvalue weighted by Gasteiger charge is -2.10. The van der Waals surface area contributed by atoms with Gasteiger partial charge in [-0.05, 0) is 25.0 Å². The number of non-ortho nitro benzene ring substituents is 1. The second-order valence-corrected chi connectivity index (χ2v) is 6.14. The van der Waals surface area contributed by atoms with Crippen LogP contribution in [0.25, 0.3) is 10.2 Å². The van der Waals surface area contributed by atoms with E-state index < -0.39 is 10.9 Å². The fourth-order valence-electron chi connectivity index (χ4n) is 2.36. The van der Waals surface area contributed by atoms with Gasteiger partial charge in [-0.25, -0.2) is 14.8 Å². The van der Waals surface area contributed by atoms with Crippen LogP contribution < -0.4 is 5.32 Å². The van der Waals surface area contributed by atoms with Gasteiger partial charge in [-0.2, -0.15) is 0 Å². The Morgan fingerprint density at radius 1 is 1.33 bits per heavy atom. The van der Waals surface area contributed by atoms with Gasteiger partial charge in [0.15, 0.2) is 0 Å². The van der Waals surface area contributed by atoms with Crippen molar-refractivity contribution in [3.05, 3.63) is 50.6 Å². The third-order valence-corrected chi connectivity index (χ3v) is 4.79. The van der Waals surface area contributed by atoms with E-state index in [1.54, 1.807) is 13.0 Å². The molecule has 0 fully saturated rings. The number of thiophene rings is 1. The lowest BCUT2D eigenvalue weighted by Crippen LogP contribution is -1.99. The standard InChI is InChI=1S/C15H12N4O4S/c1-7-3-4-9(19(22)23)5-10(7)18-13-11-8(2)12(15(20)21)24-14(11)17-6-16-13/h3-6H,1-2H3,(H,20,21)(H,16,17,18). The lowest BCUT2D eigenvalue weighted by atomic mass is 10.1. The minimum absolute atomic E-state index is 0.0401. The number of carboxylic acid groups (broad SMARTS) is 1. The van der Waals surface area contributed by atoms with Crippen LogP contribution in [-0.4, -0.2) is 26.0 Å². The summed E-state index contributed by atoms with van der Waals surface area (Å²) in [5.41, 5.74) is 1.86. The van der Waals surface area contributed by atoms with E-state index in [0.29, 0.717) is 27.3 Å². The summed E-state index contributed by atoms with van der Waals surface area (Å²) in [5.74, 6) is -0.599. The highest BCUT2D eigenvalue weighted by atomic mass is 32.1. The summed E-state index contributed by atoms with van der Waals surface area (Å²) in [5, 5.41) is 23.9. The molecule has 0 aliphatic carbocycles. The largest absolute Gasteiger partial charge is 0.477 e. The molecule has 0 unspecified atom stereocenters. The first kappa shape index (κ1) is 15.8. The summed E-state index contributed by atoms with van der Waals surface area (Å²) < 4.78 is 0. The topological polar surface area (TPSA) is 118 Å². The number of hydrogen-bond acceptors (Lipinski definition) is 7. The van der Waals surface area contributed by atoms with Crippen LogP contribution in [0.15, 0.2) is 24.5 Å². The maximum absolute atomic E-state index is 11.3. The molecule has 122 valence electrons. The molecule has 0 aliphatic rings. The monoisotopic (exact) mass is 344 g/mol. The van der Waals surface area contributed by atoms with Gasteiger partial charge < -0.3 is 10.4 Å². The van der Waals surface area contributed by atoms with Crippen molar-refractivity contribution in [2.45, 2.75) is 13.8 Å². The van der Waals surface area contributed by atoms with Crippen LogP contribution in [0.3, 0.4) is 0 Å². The van der Waals surface area contributed by atoms with Crippen molar-refractivity contribution in [3.8, 4) is 0 Å². The third kappa shape index (κ3) is 2.65. The van der Waals surface area contributed by atoms with Crippen molar-refractivity contribution in [2.75, 3.05) is 5.32 Å². The number of aromatic carboxylic acids is 1. The highest BCUT2D eigenvalue weighted by molar-refractivity contribution is 7.20. The van der Waals surface area contributed by atoms with E-state index in [4.69, 9.17) is 0 Å². The van der Waals surface area contributed by atoms with Crippen LogP contribution in [0.1, 0.15) is 20.8 Å². The van der Waals surface area contributed by atoms with Gasteiger partial charge in [0.25, 0.3) is 5.69 Å². The molecule has 0 amide bonds. The number of anilines is 2. The van der Waals surface area contributed by atoms with Crippen LogP contribution in [0, 0.1) is 24.0 Å². The normalized spacial score (nSPS) is 10.8. The third-order valence-electron chi connectivity index (χ3n) is 3.61. The average molecular weight is 344 g/mol. The molecule has 3 aromatic rings. The van der Waals surface area contributed by atoms with E-state index >= 15 is 0 Å². The molecule has 2 heterocycles. The van der Waals surface area contributed by atoms with Crippen LogP contribution in [-0.2, 0) is 0 Å². The minimum atomic E-state index is -1.02. The van der Waals surface area contributed by atoms with Gasteiger partial charge in [-0.3, -0.25) is 10.1 Å². The second kappa shape index (κ2) is 5.85. The van der Waals surface area contributed by atoms with E-state index in [2.05, 4.69) is 15.3 Å². The first-order valence-electron chi connectivity index (χ1n) is 6.88. The summed E-state index contributed by atoms with van der Waals surface area (Å²) in [6.07, 6.45) is 1.33. The van der Waals surface area contributed by atoms with E-state index in [9.17, 15) is 20.0 Å². The SMILES string of the molecule is Cc1ccc([N+](=O)[O-])cc1Nc1ncnc2sc(C(=O)O)c(C)c12. The smallest absolute Gasteiger partial charge is 0.346 e. The molecule has 0 saturated heterocycles. The van der Waals surface area contributed by atoms with Crippen molar-refractivity contribution < 1.29 is 14.8 Å². The Hall–Kier alpha value is -3.07. The Bertz CT molecular complexity index is 983. The quantitative estimate of drug-likeness (QED) is 0.547. The molecular weight excluding hydrogens is 332 g/mol. The van der Waals surface area contributed by atoms with Crippen molar-refractivity contribution in [1.82, 2.24) is 9.97 Å². The van der Waals surface area contributed by atoms with E-state index in [0.717, 1.165) is 16.9 Å². The van der Waals surface area contributed by atoms with E-state index in [-0.39, 0.29) is 10.6 Å². The molecule has 8 nitrogen and oxygen atoms in total. The maximum Gasteiger partial charge on any atom is 0.346 e. The average Bonchev–Trinajstić information content (AvgIpc) is 2.87. The molecule has 1 aromatic carbocycles. The number of hydrogen-bond donors (Lipinski definition) is 2. The van der Waals surface area contributed by atoms with Gasteiger partial charge in [0, 0.05) is 17.8 Å². The summed E-state index contributed by atoms with van der Waals surface area (Å²) >= 11 is 1.07. The number of nitro groups is 1. The lowest BCUT2D eigenvalue weighted by molar-refractivity contribution is -0.384. The molecular formula is C15H12N4O4S. The number of nitrogens with zero attached hydrogens (tertiary/aromatic N) is 3. The highest BCUT2D eigenvalue weighted by Crippen LogP contribution is 2.35. The van der Waals surface area contributed by atoms with Crippen molar-refractivity contribution in [3.63, 3.8) is 0 Å². The van der Waals surface area contributed by atoms with Crippen LogP contribution in [0.4, 0.5) is 17.2 Å². The van der Waals surface area contributed by atoms with Crippen molar-refractivity contribution >= 4 is 44.7 Å². The maximum atomic E-state index is 11.3. The summed E-state index contributed by atoms with van der Waals surface area (Å²) in [7, 11) is 0. The Balaban J connectivity index is 2.13. The number of benzene rings is 1. The molecule has 0 spiro atoms. The fourth-order valence-corrected chi connectivity index (χ4v) is 3.34. The first-order valence-corrected chi connectivity index (χ1v) is 7.69. The summed E-state index contributed by atoms with van der Waals surface area (Å²) in [4.78, 5) is 30.8. The molecule has 0 bridgehead atoms. The molecule has 9 heteroatoms. The van der Waals surface area contributed by atoms with Gasteiger partial charge >= 0.3 is 5.97 Å². The number of nitrogens with one attached hydrogen (secondary N) is 1. The molecule has 2 aromatic heterocycles. The van der Waals surface area contributed by atoms with Crippen LogP contribution in [0.2, 0.25) is 0 Å². The zero-order chi connectivity index (χ0) is 17.4. The summed E-state index contributed by atoms with van der Waals surface area (Å²) in [6.45, 7) is 3.50. The van der Waals surface area contributed by atoms with Gasteiger partial charge in [0.1, 0.15) is 21.9 Å². The Morgan fingerprint density at radius 3 is 2.75 bits per heavy atom. The Kier molecular flexibility index (Phi) is 3.86.